The number of rotatable bonds is 5. The smallest absolute Gasteiger partial charge is 0.123 e. The maximum atomic E-state index is 13.5. The van der Waals surface area contributed by atoms with Crippen LogP contribution in [0.15, 0.2) is 24.3 Å². The molecule has 4 heteroatoms. The largest absolute Gasteiger partial charge is 0.393 e. The monoisotopic (exact) mass is 280 g/mol. The molecule has 4 unspecified atom stereocenters. The number of likely N-dealkylation sites (tertiary alicyclic amines) is 1. The molecule has 1 aliphatic rings. The lowest BCUT2D eigenvalue weighted by molar-refractivity contribution is 0.118. The van der Waals surface area contributed by atoms with Crippen molar-refractivity contribution in [2.24, 2.45) is 11.7 Å². The van der Waals surface area contributed by atoms with Gasteiger partial charge in [0.1, 0.15) is 5.82 Å². The Hall–Kier alpha value is -0.970. The van der Waals surface area contributed by atoms with Crippen LogP contribution in [-0.4, -0.2) is 35.2 Å². The second-order valence-electron chi connectivity index (χ2n) is 5.86. The van der Waals surface area contributed by atoms with Gasteiger partial charge in [-0.15, -0.1) is 0 Å². The second kappa shape index (κ2) is 6.66. The summed E-state index contributed by atoms with van der Waals surface area (Å²) in [5.41, 5.74) is 7.21. The van der Waals surface area contributed by atoms with Crippen molar-refractivity contribution >= 4 is 0 Å². The Bertz CT molecular complexity index is 438. The molecule has 0 aliphatic carbocycles. The van der Waals surface area contributed by atoms with Crippen LogP contribution in [0.25, 0.3) is 0 Å². The molecular formula is C16H25FN2O. The van der Waals surface area contributed by atoms with Gasteiger partial charge in [0.15, 0.2) is 0 Å². The number of aliphatic hydroxyl groups excluding tert-OH is 1. The first-order chi connectivity index (χ1) is 9.52. The van der Waals surface area contributed by atoms with Crippen molar-refractivity contribution in [1.82, 2.24) is 4.90 Å². The molecule has 0 aromatic heterocycles. The van der Waals surface area contributed by atoms with Gasteiger partial charge in [0, 0.05) is 18.6 Å². The molecule has 1 heterocycles. The van der Waals surface area contributed by atoms with Gasteiger partial charge < -0.3 is 10.8 Å². The van der Waals surface area contributed by atoms with Gasteiger partial charge in [0.2, 0.25) is 0 Å². The van der Waals surface area contributed by atoms with Crippen molar-refractivity contribution in [3.05, 3.63) is 35.6 Å². The zero-order valence-corrected chi connectivity index (χ0v) is 12.3. The Balaban J connectivity index is 2.21. The number of hydrogen-bond donors (Lipinski definition) is 2. The lowest BCUT2D eigenvalue weighted by atomic mass is 9.96. The van der Waals surface area contributed by atoms with E-state index in [4.69, 9.17) is 5.73 Å². The molecule has 112 valence electrons. The number of hydrogen-bond acceptors (Lipinski definition) is 3. The van der Waals surface area contributed by atoms with Gasteiger partial charge in [0.05, 0.1) is 6.10 Å². The predicted octanol–water partition coefficient (Wildman–Crippen LogP) is 2.31. The lowest BCUT2D eigenvalue weighted by Crippen LogP contribution is -2.40. The Morgan fingerprint density at radius 1 is 1.50 bits per heavy atom. The number of aliphatic hydroxyl groups is 1. The zero-order chi connectivity index (χ0) is 14.7. The molecule has 1 saturated heterocycles. The maximum absolute atomic E-state index is 13.5. The topological polar surface area (TPSA) is 49.5 Å². The van der Waals surface area contributed by atoms with Gasteiger partial charge in [-0.05, 0) is 49.9 Å². The van der Waals surface area contributed by atoms with Gasteiger partial charge in [-0.1, -0.05) is 19.1 Å². The molecular weight excluding hydrogens is 255 g/mol. The van der Waals surface area contributed by atoms with Crippen LogP contribution in [-0.2, 0) is 0 Å². The van der Waals surface area contributed by atoms with Crippen LogP contribution in [0.4, 0.5) is 4.39 Å². The van der Waals surface area contributed by atoms with Crippen LogP contribution < -0.4 is 5.73 Å². The minimum Gasteiger partial charge on any atom is -0.393 e. The Labute approximate surface area is 120 Å². The molecule has 0 saturated carbocycles. The summed E-state index contributed by atoms with van der Waals surface area (Å²) >= 11 is 0. The Morgan fingerprint density at radius 2 is 2.25 bits per heavy atom. The number of halogens is 1. The van der Waals surface area contributed by atoms with E-state index in [0.717, 1.165) is 31.5 Å². The highest BCUT2D eigenvalue weighted by Crippen LogP contribution is 2.32. The van der Waals surface area contributed by atoms with Crippen molar-refractivity contribution in [3.8, 4) is 0 Å². The summed E-state index contributed by atoms with van der Waals surface area (Å²) in [6.07, 6.45) is 1.52. The third-order valence-electron chi connectivity index (χ3n) is 4.40. The fourth-order valence-corrected chi connectivity index (χ4v) is 3.10. The van der Waals surface area contributed by atoms with E-state index in [1.165, 1.54) is 6.07 Å². The summed E-state index contributed by atoms with van der Waals surface area (Å²) in [7, 11) is 0. The molecule has 20 heavy (non-hydrogen) atoms. The van der Waals surface area contributed by atoms with E-state index in [0.29, 0.717) is 0 Å². The molecule has 3 N–H and O–H groups in total. The van der Waals surface area contributed by atoms with Gasteiger partial charge in [-0.2, -0.15) is 0 Å². The molecule has 2 rings (SSSR count). The van der Waals surface area contributed by atoms with Crippen LogP contribution in [0.1, 0.15) is 38.3 Å². The minimum absolute atomic E-state index is 0.0236. The normalized spacial score (nSPS) is 24.6. The number of benzene rings is 1. The highest BCUT2D eigenvalue weighted by atomic mass is 19.1. The van der Waals surface area contributed by atoms with E-state index in [-0.39, 0.29) is 29.9 Å². The van der Waals surface area contributed by atoms with Crippen molar-refractivity contribution in [2.75, 3.05) is 13.1 Å². The maximum Gasteiger partial charge on any atom is 0.123 e. The van der Waals surface area contributed by atoms with E-state index in [1.54, 1.807) is 12.1 Å². The second-order valence-corrected chi connectivity index (χ2v) is 5.86. The number of nitrogens with zero attached hydrogens (tertiary/aromatic N) is 1. The molecule has 1 aromatic carbocycles. The summed E-state index contributed by atoms with van der Waals surface area (Å²) in [5.74, 6) is 0.0668. The third kappa shape index (κ3) is 3.37. The van der Waals surface area contributed by atoms with Crippen molar-refractivity contribution in [3.63, 3.8) is 0 Å². The number of nitrogens with two attached hydrogens (primary N) is 1. The summed E-state index contributed by atoms with van der Waals surface area (Å²) in [4.78, 5) is 2.29. The van der Waals surface area contributed by atoms with Crippen LogP contribution >= 0.6 is 0 Å². The fraction of sp³-hybridized carbons (Fsp3) is 0.625. The van der Waals surface area contributed by atoms with Gasteiger partial charge >= 0.3 is 0 Å². The molecule has 1 aromatic rings. The average Bonchev–Trinajstić information content (AvgIpc) is 2.88. The highest BCUT2D eigenvalue weighted by molar-refractivity contribution is 5.22. The molecule has 0 spiro atoms. The molecule has 0 bridgehead atoms. The SMILES string of the molecule is CCC(N)C(c1cccc(F)c1)N1CCC(C(C)O)C1. The van der Waals surface area contributed by atoms with Crippen molar-refractivity contribution in [1.29, 1.82) is 0 Å². The highest BCUT2D eigenvalue weighted by Gasteiger charge is 2.33. The van der Waals surface area contributed by atoms with Crippen molar-refractivity contribution in [2.45, 2.75) is 44.9 Å². The third-order valence-corrected chi connectivity index (χ3v) is 4.40. The summed E-state index contributed by atoms with van der Waals surface area (Å²) < 4.78 is 13.5. The quantitative estimate of drug-likeness (QED) is 0.870. The van der Waals surface area contributed by atoms with Crippen LogP contribution in [0.3, 0.4) is 0 Å². The first-order valence-electron chi connectivity index (χ1n) is 7.46. The minimum atomic E-state index is -0.300. The Kier molecular flexibility index (Phi) is 5.13. The Morgan fingerprint density at radius 3 is 2.80 bits per heavy atom. The van der Waals surface area contributed by atoms with Gasteiger partial charge in [-0.25, -0.2) is 4.39 Å². The van der Waals surface area contributed by atoms with E-state index in [9.17, 15) is 9.50 Å². The molecule has 1 fully saturated rings. The first kappa shape index (κ1) is 15.4. The van der Waals surface area contributed by atoms with Crippen molar-refractivity contribution < 1.29 is 9.50 Å². The summed E-state index contributed by atoms with van der Waals surface area (Å²) in [6.45, 7) is 5.63. The summed E-state index contributed by atoms with van der Waals surface area (Å²) in [5, 5.41) is 9.74. The molecule has 0 radical (unpaired) electrons. The van der Waals surface area contributed by atoms with E-state index >= 15 is 0 Å². The predicted molar refractivity (Wildman–Crippen MR) is 78.8 cm³/mol. The van der Waals surface area contributed by atoms with Crippen LogP contribution in [0.2, 0.25) is 0 Å². The zero-order valence-electron chi connectivity index (χ0n) is 12.3. The molecule has 0 amide bonds. The average molecular weight is 280 g/mol. The molecule has 4 atom stereocenters. The van der Waals surface area contributed by atoms with Gasteiger partial charge in [-0.3, -0.25) is 4.90 Å². The first-order valence-corrected chi connectivity index (χ1v) is 7.46. The van der Waals surface area contributed by atoms with E-state index < -0.39 is 0 Å². The molecule has 1 aliphatic heterocycles. The molecule has 3 nitrogen and oxygen atoms in total. The van der Waals surface area contributed by atoms with Gasteiger partial charge in [0.25, 0.3) is 0 Å². The van der Waals surface area contributed by atoms with Crippen LogP contribution in [0.5, 0.6) is 0 Å². The standard InChI is InChI=1S/C16H25FN2O/c1-3-15(18)16(12-5-4-6-14(17)9-12)19-8-7-13(10-19)11(2)20/h4-6,9,11,13,15-16,20H,3,7-8,10,18H2,1-2H3. The van der Waals surface area contributed by atoms with Crippen LogP contribution in [0, 0.1) is 11.7 Å². The fourth-order valence-electron chi connectivity index (χ4n) is 3.10. The summed E-state index contributed by atoms with van der Waals surface area (Å²) in [6, 6.07) is 6.72. The van der Waals surface area contributed by atoms with E-state index in [2.05, 4.69) is 11.8 Å². The van der Waals surface area contributed by atoms with E-state index in [1.807, 2.05) is 13.0 Å². The lowest BCUT2D eigenvalue weighted by Gasteiger charge is -2.33.